The molecule has 0 saturated heterocycles. The highest BCUT2D eigenvalue weighted by molar-refractivity contribution is 5.96. The molecule has 6 nitrogen and oxygen atoms in total. The fourth-order valence-electron chi connectivity index (χ4n) is 4.78. The predicted molar refractivity (Wildman–Crippen MR) is 113 cm³/mol. The van der Waals surface area contributed by atoms with Crippen molar-refractivity contribution in [2.75, 3.05) is 7.11 Å². The lowest BCUT2D eigenvalue weighted by Crippen LogP contribution is -2.49. The van der Waals surface area contributed by atoms with E-state index in [9.17, 15) is 9.59 Å². The van der Waals surface area contributed by atoms with Crippen molar-refractivity contribution in [3.05, 3.63) is 54.0 Å². The van der Waals surface area contributed by atoms with Gasteiger partial charge < -0.3 is 19.4 Å². The van der Waals surface area contributed by atoms with Gasteiger partial charge in [0.1, 0.15) is 11.8 Å². The molecule has 0 radical (unpaired) electrons. The minimum absolute atomic E-state index is 0.0176. The van der Waals surface area contributed by atoms with Gasteiger partial charge in [-0.1, -0.05) is 37.8 Å². The summed E-state index contributed by atoms with van der Waals surface area (Å²) in [6.45, 7) is 0. The van der Waals surface area contributed by atoms with E-state index in [-0.39, 0.29) is 29.7 Å². The maximum atomic E-state index is 13.6. The summed E-state index contributed by atoms with van der Waals surface area (Å²) in [4.78, 5) is 28.8. The van der Waals surface area contributed by atoms with Gasteiger partial charge in [0.2, 0.25) is 5.91 Å². The van der Waals surface area contributed by atoms with Gasteiger partial charge in [-0.15, -0.1) is 0 Å². The van der Waals surface area contributed by atoms with Crippen molar-refractivity contribution in [2.45, 2.75) is 69.5 Å². The average molecular weight is 411 g/mol. The van der Waals surface area contributed by atoms with Crippen LogP contribution >= 0.6 is 0 Å². The Labute approximate surface area is 177 Å². The van der Waals surface area contributed by atoms with Crippen molar-refractivity contribution >= 4 is 11.8 Å². The zero-order chi connectivity index (χ0) is 20.9. The van der Waals surface area contributed by atoms with E-state index in [1.54, 1.807) is 24.1 Å². The lowest BCUT2D eigenvalue weighted by Gasteiger charge is -2.36. The molecular weight excluding hydrogens is 380 g/mol. The van der Waals surface area contributed by atoms with Gasteiger partial charge >= 0.3 is 0 Å². The van der Waals surface area contributed by atoms with E-state index < -0.39 is 6.04 Å². The summed E-state index contributed by atoms with van der Waals surface area (Å²) in [7, 11) is 1.62. The summed E-state index contributed by atoms with van der Waals surface area (Å²) in [5, 5.41) is 3.22. The quantitative estimate of drug-likeness (QED) is 0.731. The van der Waals surface area contributed by atoms with Crippen LogP contribution in [0.2, 0.25) is 0 Å². The van der Waals surface area contributed by atoms with Crippen LogP contribution in [0, 0.1) is 0 Å². The summed E-state index contributed by atoms with van der Waals surface area (Å²) in [5.41, 5.74) is 0.790. The molecule has 4 rings (SSSR count). The molecule has 2 saturated carbocycles. The van der Waals surface area contributed by atoms with Gasteiger partial charge in [-0.3, -0.25) is 9.59 Å². The van der Waals surface area contributed by atoms with Gasteiger partial charge in [0, 0.05) is 12.1 Å². The van der Waals surface area contributed by atoms with Crippen LogP contribution in [0.1, 0.15) is 73.5 Å². The number of carbonyl (C=O) groups is 2. The van der Waals surface area contributed by atoms with Crippen LogP contribution in [-0.4, -0.2) is 35.9 Å². The van der Waals surface area contributed by atoms with E-state index in [4.69, 9.17) is 9.15 Å². The van der Waals surface area contributed by atoms with Crippen molar-refractivity contribution < 1.29 is 18.7 Å². The van der Waals surface area contributed by atoms with Gasteiger partial charge in [-0.05, 0) is 55.5 Å². The third kappa shape index (κ3) is 4.37. The number of ether oxygens (including phenoxy) is 1. The highest BCUT2D eigenvalue weighted by Gasteiger charge is 2.39. The number of rotatable bonds is 7. The molecule has 1 N–H and O–H groups in total. The van der Waals surface area contributed by atoms with Gasteiger partial charge in [-0.2, -0.15) is 0 Å². The zero-order valence-electron chi connectivity index (χ0n) is 17.5. The van der Waals surface area contributed by atoms with Crippen LogP contribution in [-0.2, 0) is 4.79 Å². The van der Waals surface area contributed by atoms with E-state index in [2.05, 4.69) is 5.32 Å². The molecule has 2 aliphatic rings. The van der Waals surface area contributed by atoms with Gasteiger partial charge in [0.05, 0.1) is 13.4 Å². The Morgan fingerprint density at radius 1 is 1.03 bits per heavy atom. The van der Waals surface area contributed by atoms with E-state index in [1.807, 2.05) is 24.3 Å². The number of furan rings is 1. The second-order valence-corrected chi connectivity index (χ2v) is 8.29. The molecule has 6 heteroatoms. The number of nitrogens with zero attached hydrogens (tertiary/aromatic N) is 1. The van der Waals surface area contributed by atoms with Crippen LogP contribution in [0.3, 0.4) is 0 Å². The van der Waals surface area contributed by atoms with Crippen LogP contribution in [0.25, 0.3) is 0 Å². The monoisotopic (exact) mass is 410 g/mol. The molecule has 1 heterocycles. The minimum Gasteiger partial charge on any atom is -0.497 e. The number of amides is 2. The van der Waals surface area contributed by atoms with Gasteiger partial charge in [-0.25, -0.2) is 0 Å². The molecule has 30 heavy (non-hydrogen) atoms. The highest BCUT2D eigenvalue weighted by atomic mass is 16.5. The summed E-state index contributed by atoms with van der Waals surface area (Å²) < 4.78 is 10.7. The summed E-state index contributed by atoms with van der Waals surface area (Å²) in [5.74, 6) is 0.653. The van der Waals surface area contributed by atoms with E-state index >= 15 is 0 Å². The van der Waals surface area contributed by atoms with Gasteiger partial charge in [0.25, 0.3) is 5.91 Å². The topological polar surface area (TPSA) is 71.8 Å². The first-order valence-electron chi connectivity index (χ1n) is 11.0. The largest absolute Gasteiger partial charge is 0.497 e. The molecule has 1 atom stereocenters. The smallest absolute Gasteiger partial charge is 0.290 e. The van der Waals surface area contributed by atoms with Crippen molar-refractivity contribution in [3.63, 3.8) is 0 Å². The summed E-state index contributed by atoms with van der Waals surface area (Å²) >= 11 is 0. The maximum absolute atomic E-state index is 13.6. The molecule has 2 aliphatic carbocycles. The van der Waals surface area contributed by atoms with E-state index in [0.717, 1.165) is 62.7 Å². The molecule has 2 aromatic rings. The van der Waals surface area contributed by atoms with Crippen LogP contribution in [0.15, 0.2) is 47.1 Å². The Kier molecular flexibility index (Phi) is 6.41. The average Bonchev–Trinajstić information content (AvgIpc) is 3.55. The lowest BCUT2D eigenvalue weighted by molar-refractivity contribution is -0.127. The number of benzene rings is 1. The SMILES string of the molecule is COc1ccc([C@H](C(=O)NC2CCCC2)N(C(=O)c2ccco2)C2CCCC2)cc1. The van der Waals surface area contributed by atoms with Crippen molar-refractivity contribution in [3.8, 4) is 5.75 Å². The third-order valence-corrected chi connectivity index (χ3v) is 6.34. The zero-order valence-corrected chi connectivity index (χ0v) is 17.5. The molecule has 1 aromatic carbocycles. The maximum Gasteiger partial charge on any atom is 0.290 e. The molecule has 2 amide bonds. The Bertz CT molecular complexity index is 835. The fraction of sp³-hybridized carbons (Fsp3) is 0.500. The predicted octanol–water partition coefficient (Wildman–Crippen LogP) is 4.47. The molecule has 2 fully saturated rings. The molecule has 160 valence electrons. The Hall–Kier alpha value is -2.76. The Balaban J connectivity index is 1.71. The molecule has 0 bridgehead atoms. The van der Waals surface area contributed by atoms with Crippen LogP contribution in [0.5, 0.6) is 5.75 Å². The molecule has 0 unspecified atom stereocenters. The Morgan fingerprint density at radius 3 is 2.30 bits per heavy atom. The second kappa shape index (κ2) is 9.37. The highest BCUT2D eigenvalue weighted by Crippen LogP contribution is 2.34. The Morgan fingerprint density at radius 2 is 1.70 bits per heavy atom. The van der Waals surface area contributed by atoms with Crippen molar-refractivity contribution in [1.29, 1.82) is 0 Å². The first kappa shape index (κ1) is 20.5. The second-order valence-electron chi connectivity index (χ2n) is 8.29. The molecular formula is C24H30N2O4. The number of hydrogen-bond donors (Lipinski definition) is 1. The normalized spacial score (nSPS) is 18.3. The first-order valence-corrected chi connectivity index (χ1v) is 11.0. The minimum atomic E-state index is -0.697. The van der Waals surface area contributed by atoms with Crippen molar-refractivity contribution in [1.82, 2.24) is 10.2 Å². The van der Waals surface area contributed by atoms with Gasteiger partial charge in [0.15, 0.2) is 5.76 Å². The van der Waals surface area contributed by atoms with E-state index in [1.165, 1.54) is 6.26 Å². The fourth-order valence-corrected chi connectivity index (χ4v) is 4.78. The standard InChI is InChI=1S/C24H30N2O4/c1-29-20-14-12-17(13-15-20)22(23(27)25-18-7-2-3-8-18)26(19-9-4-5-10-19)24(28)21-11-6-16-30-21/h6,11-16,18-19,22H,2-5,7-10H2,1H3,(H,25,27)/t22-/m1/s1. The third-order valence-electron chi connectivity index (χ3n) is 6.34. The summed E-state index contributed by atoms with van der Waals surface area (Å²) in [6.07, 6.45) is 9.68. The number of methoxy groups -OCH3 is 1. The van der Waals surface area contributed by atoms with Crippen LogP contribution in [0.4, 0.5) is 0 Å². The number of nitrogens with one attached hydrogen (secondary N) is 1. The molecule has 0 spiro atoms. The van der Waals surface area contributed by atoms with Crippen molar-refractivity contribution in [2.24, 2.45) is 0 Å². The number of hydrogen-bond acceptors (Lipinski definition) is 4. The summed E-state index contributed by atoms with van der Waals surface area (Å²) in [6, 6.07) is 10.3. The lowest BCUT2D eigenvalue weighted by atomic mass is 10.00. The molecule has 0 aliphatic heterocycles. The van der Waals surface area contributed by atoms with Crippen LogP contribution < -0.4 is 10.1 Å². The first-order chi connectivity index (χ1) is 14.7. The molecule has 1 aromatic heterocycles. The van der Waals surface area contributed by atoms with E-state index in [0.29, 0.717) is 0 Å². The number of carbonyl (C=O) groups excluding carboxylic acids is 2.